The summed E-state index contributed by atoms with van der Waals surface area (Å²) in [5, 5.41) is -0.115. The minimum Gasteiger partial charge on any atom is -0.449 e. The smallest absolute Gasteiger partial charge is 0.410 e. The van der Waals surface area contributed by atoms with Gasteiger partial charge in [-0.1, -0.05) is 62.4 Å². The first-order chi connectivity index (χ1) is 17.1. The minimum atomic E-state index is -2.29. The van der Waals surface area contributed by atoms with Crippen molar-refractivity contribution < 1.29 is 14.3 Å². The lowest BCUT2D eigenvalue weighted by Gasteiger charge is -2.48. The van der Waals surface area contributed by atoms with Crippen LogP contribution in [0.1, 0.15) is 61.4 Å². The van der Waals surface area contributed by atoms with Crippen LogP contribution in [0.25, 0.3) is 0 Å². The zero-order valence-corrected chi connectivity index (χ0v) is 23.4. The molecule has 1 atom stereocenters. The van der Waals surface area contributed by atoms with Crippen LogP contribution < -0.4 is 0 Å². The Morgan fingerprint density at radius 2 is 1.67 bits per heavy atom. The molecule has 2 aromatic rings. The first-order valence-corrected chi connectivity index (χ1v) is 16.6. The van der Waals surface area contributed by atoms with Crippen LogP contribution in [0.15, 0.2) is 48.5 Å². The molecule has 0 saturated carbocycles. The Hall–Kier alpha value is -2.15. The second-order valence-electron chi connectivity index (χ2n) is 12.6. The fourth-order valence-corrected chi connectivity index (χ4v) is 6.71. The predicted octanol–water partition coefficient (Wildman–Crippen LogP) is 5.78. The third kappa shape index (κ3) is 5.00. The molecule has 4 aliphatic heterocycles. The highest BCUT2D eigenvalue weighted by molar-refractivity contribution is 6.72. The zero-order chi connectivity index (χ0) is 25.6. The van der Waals surface area contributed by atoms with Gasteiger partial charge in [-0.3, -0.25) is 4.90 Å². The van der Waals surface area contributed by atoms with Crippen LogP contribution in [0.4, 0.5) is 4.79 Å². The minimum absolute atomic E-state index is 0.115. The van der Waals surface area contributed by atoms with E-state index in [1.807, 2.05) is 18.0 Å². The second-order valence-corrected chi connectivity index (χ2v) is 17.0. The molecule has 0 unspecified atom stereocenters. The number of piperidine rings is 3. The largest absolute Gasteiger partial charge is 0.449 e. The summed E-state index contributed by atoms with van der Waals surface area (Å²) < 4.78 is 6.08. The molecule has 0 aromatic heterocycles. The average molecular weight is 507 g/mol. The van der Waals surface area contributed by atoms with E-state index in [0.29, 0.717) is 13.2 Å². The van der Waals surface area contributed by atoms with E-state index in [0.717, 1.165) is 57.3 Å². The van der Waals surface area contributed by atoms with Gasteiger partial charge in [-0.15, -0.1) is 0 Å². The number of hydrogen-bond donors (Lipinski definition) is 1. The van der Waals surface area contributed by atoms with E-state index < -0.39 is 8.32 Å². The summed E-state index contributed by atoms with van der Waals surface area (Å²) >= 11 is 0. The molecule has 3 saturated heterocycles. The number of hydrogen-bond acceptors (Lipinski definition) is 4. The Balaban J connectivity index is 1.36. The lowest BCUT2D eigenvalue weighted by atomic mass is 9.73. The SMILES string of the molecule is CC(C)(Cc1ccc([C@H]2c3ccccc3CCN2C(=O)OCC23CCN(CC2)CC3)cc1)[Si](C)(C)O. The third-order valence-corrected chi connectivity index (χ3v) is 13.0. The number of benzene rings is 2. The van der Waals surface area contributed by atoms with Crippen LogP contribution in [0.3, 0.4) is 0 Å². The molecule has 0 spiro atoms. The van der Waals surface area contributed by atoms with Gasteiger partial charge in [0.2, 0.25) is 0 Å². The second kappa shape index (κ2) is 9.62. The van der Waals surface area contributed by atoms with E-state index in [-0.39, 0.29) is 22.6 Å². The van der Waals surface area contributed by atoms with Gasteiger partial charge >= 0.3 is 6.09 Å². The van der Waals surface area contributed by atoms with Crippen LogP contribution in [0.2, 0.25) is 18.1 Å². The number of carbonyl (C=O) groups excluding carboxylic acids is 1. The van der Waals surface area contributed by atoms with Gasteiger partial charge in [0.05, 0.1) is 12.6 Å². The normalized spacial score (nSPS) is 26.0. The molecule has 4 aliphatic rings. The molecular weight excluding hydrogens is 464 g/mol. The van der Waals surface area contributed by atoms with Crippen molar-refractivity contribution in [2.45, 2.75) is 70.1 Å². The number of fused-ring (bicyclic) bond motifs is 4. The molecule has 2 aromatic carbocycles. The van der Waals surface area contributed by atoms with Gasteiger partial charge in [0.25, 0.3) is 0 Å². The Morgan fingerprint density at radius 3 is 2.31 bits per heavy atom. The fourth-order valence-electron chi connectivity index (χ4n) is 6.08. The molecule has 1 N–H and O–H groups in total. The first kappa shape index (κ1) is 25.5. The molecule has 2 bridgehead atoms. The molecular formula is C30H42N2O3Si. The summed E-state index contributed by atoms with van der Waals surface area (Å²) in [5.41, 5.74) is 5.01. The van der Waals surface area contributed by atoms with Crippen molar-refractivity contribution >= 4 is 14.4 Å². The van der Waals surface area contributed by atoms with Crippen molar-refractivity contribution in [3.05, 3.63) is 70.8 Å². The highest BCUT2D eigenvalue weighted by Crippen LogP contribution is 2.42. The summed E-state index contributed by atoms with van der Waals surface area (Å²) in [4.78, 5) is 28.7. The number of amides is 1. The third-order valence-electron chi connectivity index (χ3n) is 9.49. The van der Waals surface area contributed by atoms with Gasteiger partial charge in [-0.2, -0.15) is 0 Å². The van der Waals surface area contributed by atoms with E-state index in [1.54, 1.807) is 0 Å². The van der Waals surface area contributed by atoms with E-state index in [4.69, 9.17) is 4.74 Å². The highest BCUT2D eigenvalue weighted by Gasteiger charge is 2.42. The topological polar surface area (TPSA) is 53.0 Å². The Kier molecular flexibility index (Phi) is 6.81. The predicted molar refractivity (Wildman–Crippen MR) is 147 cm³/mol. The van der Waals surface area contributed by atoms with Crippen LogP contribution in [0, 0.1) is 5.41 Å². The summed E-state index contributed by atoms with van der Waals surface area (Å²) in [6.07, 6.45) is 4.92. The van der Waals surface area contributed by atoms with E-state index in [2.05, 4.69) is 67.3 Å². The lowest BCUT2D eigenvalue weighted by Crippen LogP contribution is -2.51. The summed E-state index contributed by atoms with van der Waals surface area (Å²) in [7, 11) is -2.29. The number of nitrogens with zero attached hydrogens (tertiary/aromatic N) is 2. The van der Waals surface area contributed by atoms with Crippen LogP contribution in [0.5, 0.6) is 0 Å². The van der Waals surface area contributed by atoms with E-state index in [9.17, 15) is 9.59 Å². The molecule has 0 aliphatic carbocycles. The molecule has 4 heterocycles. The zero-order valence-electron chi connectivity index (χ0n) is 22.4. The lowest BCUT2D eigenvalue weighted by molar-refractivity contribution is -0.0300. The van der Waals surface area contributed by atoms with E-state index >= 15 is 0 Å². The molecule has 0 radical (unpaired) electrons. The van der Waals surface area contributed by atoms with Crippen molar-refractivity contribution in [3.63, 3.8) is 0 Å². The molecule has 3 fully saturated rings. The van der Waals surface area contributed by atoms with Crippen molar-refractivity contribution in [3.8, 4) is 0 Å². The maximum absolute atomic E-state index is 13.5. The quantitative estimate of drug-likeness (QED) is 0.505. The van der Waals surface area contributed by atoms with Crippen molar-refractivity contribution in [2.75, 3.05) is 32.8 Å². The maximum Gasteiger partial charge on any atom is 0.410 e. The van der Waals surface area contributed by atoms with Crippen LogP contribution in [-0.4, -0.2) is 61.8 Å². The molecule has 5 nitrogen and oxygen atoms in total. The maximum atomic E-state index is 13.5. The first-order valence-electron chi connectivity index (χ1n) is 13.6. The van der Waals surface area contributed by atoms with Crippen molar-refractivity contribution in [1.82, 2.24) is 9.80 Å². The standard InChI is InChI=1S/C30H42N2O3Si/c1-29(2,36(3,4)34)21-23-9-11-25(12-10-23)27-26-8-6-5-7-24(26)13-17-32(27)28(33)35-22-30-14-18-31(19-15-30)20-16-30/h5-12,27,34H,13-22H2,1-4H3/t27-/m0/s1. The van der Waals surface area contributed by atoms with Gasteiger partial charge in [0.15, 0.2) is 8.32 Å². The molecule has 6 rings (SSSR count). The molecule has 6 heteroatoms. The van der Waals surface area contributed by atoms with Crippen LogP contribution >= 0.6 is 0 Å². The van der Waals surface area contributed by atoms with Gasteiger partial charge in [-0.25, -0.2) is 4.79 Å². The van der Waals surface area contributed by atoms with Gasteiger partial charge in [0.1, 0.15) is 0 Å². The van der Waals surface area contributed by atoms with Gasteiger partial charge < -0.3 is 14.4 Å². The highest BCUT2D eigenvalue weighted by atomic mass is 28.4. The Bertz CT molecular complexity index is 1070. The summed E-state index contributed by atoms with van der Waals surface area (Å²) in [6.45, 7) is 13.0. The van der Waals surface area contributed by atoms with Crippen LogP contribution in [-0.2, 0) is 17.6 Å². The molecule has 1 amide bonds. The summed E-state index contributed by atoms with van der Waals surface area (Å²) in [6, 6.07) is 17.0. The van der Waals surface area contributed by atoms with Crippen molar-refractivity contribution in [2.24, 2.45) is 5.41 Å². The van der Waals surface area contributed by atoms with E-state index in [1.165, 1.54) is 16.7 Å². The molecule has 194 valence electrons. The summed E-state index contributed by atoms with van der Waals surface area (Å²) in [5.74, 6) is 0. The van der Waals surface area contributed by atoms with Crippen molar-refractivity contribution in [1.29, 1.82) is 0 Å². The molecule has 36 heavy (non-hydrogen) atoms. The number of ether oxygens (including phenoxy) is 1. The number of carbonyl (C=O) groups is 1. The number of rotatable bonds is 6. The Morgan fingerprint density at radius 1 is 1.03 bits per heavy atom. The monoisotopic (exact) mass is 506 g/mol. The fraction of sp³-hybridized carbons (Fsp3) is 0.567. The Labute approximate surface area is 217 Å². The van der Waals surface area contributed by atoms with Gasteiger partial charge in [-0.05, 0) is 92.1 Å². The average Bonchev–Trinajstić information content (AvgIpc) is 2.87. The van der Waals surface area contributed by atoms with Gasteiger partial charge in [0, 0.05) is 12.0 Å².